The Hall–Kier alpha value is -0.850. The predicted octanol–water partition coefficient (Wildman–Crippen LogP) is 4.05. The Morgan fingerprint density at radius 2 is 2.25 bits per heavy atom. The molecule has 2 atom stereocenters. The molecule has 0 radical (unpaired) electrons. The summed E-state index contributed by atoms with van der Waals surface area (Å²) in [5.74, 6) is 1.42. The zero-order valence-electron chi connectivity index (χ0n) is 10.3. The van der Waals surface area contributed by atoms with Crippen LogP contribution in [0.15, 0.2) is 23.8 Å². The van der Waals surface area contributed by atoms with Crippen molar-refractivity contribution in [1.82, 2.24) is 0 Å². The highest BCUT2D eigenvalue weighted by atomic mass is 16.1. The molecule has 2 rings (SSSR count). The fourth-order valence-electron chi connectivity index (χ4n) is 2.92. The van der Waals surface area contributed by atoms with Gasteiger partial charge < -0.3 is 0 Å². The molecule has 0 bridgehead atoms. The molecule has 2 unspecified atom stereocenters. The molecule has 16 heavy (non-hydrogen) atoms. The summed E-state index contributed by atoms with van der Waals surface area (Å²) in [5.41, 5.74) is 2.84. The van der Waals surface area contributed by atoms with Gasteiger partial charge in [0.2, 0.25) is 0 Å². The Kier molecular flexibility index (Phi) is 3.63. The van der Waals surface area contributed by atoms with Gasteiger partial charge in [-0.15, -0.1) is 0 Å². The third kappa shape index (κ3) is 2.63. The van der Waals surface area contributed by atoms with Crippen molar-refractivity contribution in [2.75, 3.05) is 0 Å². The Labute approximate surface area is 98.6 Å². The summed E-state index contributed by atoms with van der Waals surface area (Å²) in [6, 6.07) is 0. The number of hydrogen-bond donors (Lipinski definition) is 0. The highest BCUT2D eigenvalue weighted by molar-refractivity contribution is 5.83. The lowest BCUT2D eigenvalue weighted by Crippen LogP contribution is -2.13. The quantitative estimate of drug-likeness (QED) is 0.653. The Bertz CT molecular complexity index is 324. The minimum atomic E-state index is 0.305. The minimum Gasteiger partial charge on any atom is -0.299 e. The first-order valence-electron chi connectivity index (χ1n) is 6.53. The monoisotopic (exact) mass is 218 g/mol. The highest BCUT2D eigenvalue weighted by Gasteiger charge is 2.26. The summed E-state index contributed by atoms with van der Waals surface area (Å²) in [7, 11) is 0. The largest absolute Gasteiger partial charge is 0.299 e. The molecule has 0 saturated heterocycles. The second kappa shape index (κ2) is 4.99. The third-order valence-corrected chi connectivity index (χ3v) is 4.16. The normalized spacial score (nSPS) is 30.3. The molecule has 0 aromatic carbocycles. The van der Waals surface area contributed by atoms with E-state index < -0.39 is 0 Å². The molecule has 2 aliphatic carbocycles. The van der Waals surface area contributed by atoms with Gasteiger partial charge in [-0.25, -0.2) is 0 Å². The summed E-state index contributed by atoms with van der Waals surface area (Å²) in [6.07, 6.45) is 9.89. The van der Waals surface area contributed by atoms with Crippen molar-refractivity contribution < 1.29 is 4.79 Å². The van der Waals surface area contributed by atoms with Crippen LogP contribution in [0.3, 0.4) is 0 Å². The smallest absolute Gasteiger partial charge is 0.136 e. The van der Waals surface area contributed by atoms with Crippen molar-refractivity contribution in [2.24, 2.45) is 11.8 Å². The summed E-state index contributed by atoms with van der Waals surface area (Å²) < 4.78 is 0. The molecule has 0 aromatic heterocycles. The van der Waals surface area contributed by atoms with E-state index in [-0.39, 0.29) is 0 Å². The summed E-state index contributed by atoms with van der Waals surface area (Å²) in [5, 5.41) is 0. The zero-order valence-corrected chi connectivity index (χ0v) is 10.3. The topological polar surface area (TPSA) is 17.1 Å². The average molecular weight is 218 g/mol. The van der Waals surface area contributed by atoms with Gasteiger partial charge >= 0.3 is 0 Å². The van der Waals surface area contributed by atoms with Crippen molar-refractivity contribution in [3.05, 3.63) is 23.8 Å². The maximum absolute atomic E-state index is 11.6. The van der Waals surface area contributed by atoms with Gasteiger partial charge in [-0.05, 0) is 51.4 Å². The molecular formula is C15H22O. The van der Waals surface area contributed by atoms with Crippen molar-refractivity contribution >= 4 is 5.78 Å². The predicted molar refractivity (Wildman–Crippen MR) is 67.2 cm³/mol. The molecule has 1 fully saturated rings. The molecule has 0 heterocycles. The molecule has 0 aliphatic heterocycles. The van der Waals surface area contributed by atoms with Crippen molar-refractivity contribution in [1.29, 1.82) is 0 Å². The van der Waals surface area contributed by atoms with Gasteiger partial charge in [-0.2, -0.15) is 0 Å². The first-order chi connectivity index (χ1) is 7.66. The minimum absolute atomic E-state index is 0.305. The number of hydrogen-bond acceptors (Lipinski definition) is 1. The van der Waals surface area contributed by atoms with Crippen LogP contribution in [0.4, 0.5) is 0 Å². The summed E-state index contributed by atoms with van der Waals surface area (Å²) >= 11 is 0. The van der Waals surface area contributed by atoms with Gasteiger partial charge in [0.25, 0.3) is 0 Å². The van der Waals surface area contributed by atoms with Crippen LogP contribution in [-0.2, 0) is 4.79 Å². The molecule has 1 heteroatoms. The van der Waals surface area contributed by atoms with Crippen LogP contribution < -0.4 is 0 Å². The van der Waals surface area contributed by atoms with E-state index in [2.05, 4.69) is 19.6 Å². The van der Waals surface area contributed by atoms with Crippen LogP contribution in [-0.4, -0.2) is 5.78 Å². The Balaban J connectivity index is 1.86. The van der Waals surface area contributed by atoms with Crippen LogP contribution in [0.2, 0.25) is 0 Å². The molecule has 1 saturated carbocycles. The van der Waals surface area contributed by atoms with Gasteiger partial charge in [0.15, 0.2) is 0 Å². The number of Topliss-reactive ketones (excluding diaryl/α,β-unsaturated/α-hetero) is 1. The van der Waals surface area contributed by atoms with Gasteiger partial charge in [0.05, 0.1) is 0 Å². The number of carbonyl (C=O) groups excluding carboxylic acids is 1. The Morgan fingerprint density at radius 1 is 1.44 bits per heavy atom. The van der Waals surface area contributed by atoms with E-state index in [1.165, 1.54) is 24.0 Å². The van der Waals surface area contributed by atoms with Crippen LogP contribution in [0.1, 0.15) is 51.9 Å². The van der Waals surface area contributed by atoms with Crippen molar-refractivity contribution in [2.45, 2.75) is 51.9 Å². The second-order valence-corrected chi connectivity index (χ2v) is 5.44. The standard InChI is InChI=1S/C15H22O/c1-11-6-8-13(9-7-11)12(2)10-14-4-3-5-15(14)16/h6,13-14H,2-5,7-10H2,1H3. The van der Waals surface area contributed by atoms with Gasteiger partial charge in [-0.1, -0.05) is 23.8 Å². The van der Waals surface area contributed by atoms with E-state index in [4.69, 9.17) is 0 Å². The zero-order chi connectivity index (χ0) is 11.5. The maximum atomic E-state index is 11.6. The van der Waals surface area contributed by atoms with Crippen LogP contribution >= 0.6 is 0 Å². The van der Waals surface area contributed by atoms with E-state index >= 15 is 0 Å². The second-order valence-electron chi connectivity index (χ2n) is 5.44. The van der Waals surface area contributed by atoms with Crippen LogP contribution in [0.25, 0.3) is 0 Å². The van der Waals surface area contributed by atoms with E-state index in [0.717, 1.165) is 32.1 Å². The van der Waals surface area contributed by atoms with Crippen molar-refractivity contribution in [3.8, 4) is 0 Å². The maximum Gasteiger partial charge on any atom is 0.136 e. The molecule has 88 valence electrons. The van der Waals surface area contributed by atoms with E-state index in [9.17, 15) is 4.79 Å². The van der Waals surface area contributed by atoms with E-state index in [0.29, 0.717) is 17.6 Å². The van der Waals surface area contributed by atoms with E-state index in [1.54, 1.807) is 0 Å². The van der Waals surface area contributed by atoms with E-state index in [1.807, 2.05) is 0 Å². The Morgan fingerprint density at radius 3 is 2.81 bits per heavy atom. The third-order valence-electron chi connectivity index (χ3n) is 4.16. The molecule has 0 N–H and O–H groups in total. The van der Waals surface area contributed by atoms with Gasteiger partial charge in [-0.3, -0.25) is 4.79 Å². The van der Waals surface area contributed by atoms with Crippen LogP contribution in [0.5, 0.6) is 0 Å². The molecule has 1 nitrogen and oxygen atoms in total. The molecule has 0 aromatic rings. The van der Waals surface area contributed by atoms with Gasteiger partial charge in [0, 0.05) is 12.3 Å². The number of rotatable bonds is 3. The molecular weight excluding hydrogens is 196 g/mol. The summed E-state index contributed by atoms with van der Waals surface area (Å²) in [4.78, 5) is 11.6. The fraction of sp³-hybridized carbons (Fsp3) is 0.667. The number of ketones is 1. The lowest BCUT2D eigenvalue weighted by atomic mass is 9.81. The van der Waals surface area contributed by atoms with Gasteiger partial charge in [0.1, 0.15) is 5.78 Å². The number of allylic oxidation sites excluding steroid dienone is 3. The highest BCUT2D eigenvalue weighted by Crippen LogP contribution is 2.34. The van der Waals surface area contributed by atoms with Crippen LogP contribution in [0, 0.1) is 11.8 Å². The summed E-state index contributed by atoms with van der Waals surface area (Å²) in [6.45, 7) is 6.43. The average Bonchev–Trinajstić information content (AvgIpc) is 2.65. The first kappa shape index (κ1) is 11.6. The molecule has 0 amide bonds. The van der Waals surface area contributed by atoms with Crippen molar-refractivity contribution in [3.63, 3.8) is 0 Å². The lowest BCUT2D eigenvalue weighted by molar-refractivity contribution is -0.120. The first-order valence-corrected chi connectivity index (χ1v) is 6.53. The SMILES string of the molecule is C=C(CC1CCCC1=O)C1CC=C(C)CC1. The lowest BCUT2D eigenvalue weighted by Gasteiger charge is -2.24. The number of carbonyl (C=O) groups is 1. The molecule has 2 aliphatic rings. The fourth-order valence-corrected chi connectivity index (χ4v) is 2.92. The molecule has 0 spiro atoms.